The highest BCUT2D eigenvalue weighted by Gasteiger charge is 2.28. The number of para-hydroxylation sites is 4. The number of hydrogen-bond acceptors (Lipinski definition) is 4. The smallest absolute Gasteiger partial charge is 0.147 e. The van der Waals surface area contributed by atoms with Crippen molar-refractivity contribution in [1.29, 1.82) is 0 Å². The Morgan fingerprint density at radius 1 is 0.275 bits per heavy atom. The maximum absolute atomic E-state index is 6.64. The van der Waals surface area contributed by atoms with Crippen LogP contribution >= 0.6 is 0 Å². The molecule has 0 saturated heterocycles. The zero-order chi connectivity index (χ0) is 25.9. The first-order valence-corrected chi connectivity index (χ1v) is 13.3. The van der Waals surface area contributed by atoms with Gasteiger partial charge in [0, 0.05) is 43.1 Å². The molecule has 0 aliphatic carbocycles. The Morgan fingerprint density at radius 2 is 0.525 bits per heavy atom. The van der Waals surface area contributed by atoms with Crippen LogP contribution in [0.5, 0.6) is 0 Å². The van der Waals surface area contributed by atoms with Gasteiger partial charge in [0.1, 0.15) is 44.7 Å². The van der Waals surface area contributed by atoms with Crippen molar-refractivity contribution < 1.29 is 17.7 Å². The van der Waals surface area contributed by atoms with E-state index < -0.39 is 0 Å². The lowest BCUT2D eigenvalue weighted by Gasteiger charge is -2.07. The molecular weight excluding hydrogens is 496 g/mol. The van der Waals surface area contributed by atoms with Crippen LogP contribution in [-0.4, -0.2) is 0 Å². The Morgan fingerprint density at radius 3 is 0.800 bits per heavy atom. The van der Waals surface area contributed by atoms with Gasteiger partial charge < -0.3 is 17.7 Å². The number of fused-ring (bicyclic) bond motifs is 12. The topological polar surface area (TPSA) is 52.6 Å². The molecule has 0 unspecified atom stereocenters. The van der Waals surface area contributed by atoms with E-state index in [9.17, 15) is 0 Å². The van der Waals surface area contributed by atoms with Crippen molar-refractivity contribution in [2.75, 3.05) is 0 Å². The third-order valence-electron chi connectivity index (χ3n) is 8.27. The molecule has 10 rings (SSSR count). The molecule has 0 saturated carbocycles. The van der Waals surface area contributed by atoms with Crippen molar-refractivity contribution in [2.24, 2.45) is 0 Å². The van der Waals surface area contributed by atoms with Crippen molar-refractivity contribution in [1.82, 2.24) is 0 Å². The van der Waals surface area contributed by atoms with Crippen LogP contribution in [0.25, 0.3) is 98.9 Å². The van der Waals surface area contributed by atoms with E-state index >= 15 is 0 Å². The Hall–Kier alpha value is -5.48. The second kappa shape index (κ2) is 7.13. The third kappa shape index (κ3) is 2.46. The molecular formula is C36H18O4. The molecule has 0 atom stereocenters. The van der Waals surface area contributed by atoms with Gasteiger partial charge in [-0.2, -0.15) is 0 Å². The summed E-state index contributed by atoms with van der Waals surface area (Å²) in [4.78, 5) is 0. The second-order valence-electron chi connectivity index (χ2n) is 10.4. The molecule has 0 radical (unpaired) electrons. The highest BCUT2D eigenvalue weighted by Crippen LogP contribution is 2.50. The molecule has 40 heavy (non-hydrogen) atoms. The summed E-state index contributed by atoms with van der Waals surface area (Å²) < 4.78 is 26.6. The van der Waals surface area contributed by atoms with Crippen LogP contribution in [0.2, 0.25) is 0 Å². The SMILES string of the molecule is c1ccc2c(c1)oc1c(-c3c4oc5ccccc5c4cc4c3oc3ccccc34)c3oc4ccccc4c3cc12. The van der Waals surface area contributed by atoms with Gasteiger partial charge >= 0.3 is 0 Å². The summed E-state index contributed by atoms with van der Waals surface area (Å²) in [6, 6.07) is 37.1. The molecule has 0 N–H and O–H groups in total. The fourth-order valence-electron chi connectivity index (χ4n) is 6.53. The predicted molar refractivity (Wildman–Crippen MR) is 161 cm³/mol. The molecule has 6 aromatic carbocycles. The highest BCUT2D eigenvalue weighted by atomic mass is 16.4. The summed E-state index contributed by atoms with van der Waals surface area (Å²) in [5.41, 5.74) is 8.00. The molecule has 4 nitrogen and oxygen atoms in total. The lowest BCUT2D eigenvalue weighted by Crippen LogP contribution is -1.84. The van der Waals surface area contributed by atoms with E-state index in [1.807, 2.05) is 72.8 Å². The van der Waals surface area contributed by atoms with E-state index in [1.165, 1.54) is 0 Å². The molecule has 0 amide bonds. The molecule has 0 aliphatic rings. The van der Waals surface area contributed by atoms with Gasteiger partial charge in [0.15, 0.2) is 0 Å². The summed E-state index contributed by atoms with van der Waals surface area (Å²) in [5.74, 6) is 0. The van der Waals surface area contributed by atoms with Crippen LogP contribution in [0.1, 0.15) is 0 Å². The lowest BCUT2D eigenvalue weighted by molar-refractivity contribution is 0.649. The number of benzene rings is 6. The van der Waals surface area contributed by atoms with Crippen LogP contribution in [0, 0.1) is 0 Å². The molecule has 10 aromatic rings. The fourth-order valence-corrected chi connectivity index (χ4v) is 6.53. The minimum Gasteiger partial charge on any atom is -0.455 e. The standard InChI is InChI=1S/C36H18O4/c1-5-13-27-19(9-1)23-17-24-20-10-2-6-14-28(20)38-34(24)31(33(23)37-27)32-35-25(21-11-3-7-15-29(21)39-35)18-26-22-12-4-8-16-30(22)40-36(26)32/h1-18H. The van der Waals surface area contributed by atoms with Gasteiger partial charge in [-0.3, -0.25) is 0 Å². The van der Waals surface area contributed by atoms with E-state index in [-0.39, 0.29) is 0 Å². The van der Waals surface area contributed by atoms with Gasteiger partial charge in [0.2, 0.25) is 0 Å². The molecule has 4 aromatic heterocycles. The predicted octanol–water partition coefficient (Wildman–Crippen LogP) is 11.0. The van der Waals surface area contributed by atoms with Crippen molar-refractivity contribution in [3.8, 4) is 11.1 Å². The van der Waals surface area contributed by atoms with Crippen LogP contribution < -0.4 is 0 Å². The molecule has 4 heteroatoms. The normalized spacial score (nSPS) is 12.5. The van der Waals surface area contributed by atoms with Crippen LogP contribution in [-0.2, 0) is 0 Å². The molecule has 4 heterocycles. The van der Waals surface area contributed by atoms with Crippen LogP contribution in [0.15, 0.2) is 127 Å². The van der Waals surface area contributed by atoms with Gasteiger partial charge in [-0.1, -0.05) is 72.8 Å². The number of furan rings is 4. The summed E-state index contributed by atoms with van der Waals surface area (Å²) in [6.45, 7) is 0. The van der Waals surface area contributed by atoms with E-state index in [0.717, 1.165) is 98.9 Å². The Balaban J connectivity index is 1.54. The Labute approximate surface area is 225 Å². The zero-order valence-electron chi connectivity index (χ0n) is 21.0. The maximum Gasteiger partial charge on any atom is 0.147 e. The Kier molecular flexibility index (Phi) is 3.65. The van der Waals surface area contributed by atoms with Crippen molar-refractivity contribution in [2.45, 2.75) is 0 Å². The van der Waals surface area contributed by atoms with E-state index in [4.69, 9.17) is 17.7 Å². The van der Waals surface area contributed by atoms with E-state index in [0.29, 0.717) is 0 Å². The van der Waals surface area contributed by atoms with Gasteiger partial charge in [0.05, 0.1) is 11.1 Å². The molecule has 0 bridgehead atoms. The maximum atomic E-state index is 6.64. The second-order valence-corrected chi connectivity index (χ2v) is 10.4. The molecule has 186 valence electrons. The van der Waals surface area contributed by atoms with Gasteiger partial charge in [-0.15, -0.1) is 0 Å². The first-order chi connectivity index (χ1) is 19.8. The van der Waals surface area contributed by atoms with E-state index in [1.54, 1.807) is 0 Å². The summed E-state index contributed by atoms with van der Waals surface area (Å²) in [5, 5.41) is 8.35. The average molecular weight is 515 g/mol. The van der Waals surface area contributed by atoms with Crippen molar-refractivity contribution >= 4 is 87.8 Å². The largest absolute Gasteiger partial charge is 0.455 e. The number of rotatable bonds is 1. The lowest BCUT2D eigenvalue weighted by atomic mass is 9.95. The third-order valence-corrected chi connectivity index (χ3v) is 8.27. The minimum atomic E-state index is 0.752. The van der Waals surface area contributed by atoms with E-state index in [2.05, 4.69) is 36.4 Å². The fraction of sp³-hybridized carbons (Fsp3) is 0. The van der Waals surface area contributed by atoms with Gasteiger partial charge in [0.25, 0.3) is 0 Å². The molecule has 0 fully saturated rings. The summed E-state index contributed by atoms with van der Waals surface area (Å²) >= 11 is 0. The van der Waals surface area contributed by atoms with Crippen LogP contribution in [0.3, 0.4) is 0 Å². The summed E-state index contributed by atoms with van der Waals surface area (Å²) in [7, 11) is 0. The average Bonchev–Trinajstić information content (AvgIpc) is 3.75. The first kappa shape index (κ1) is 20.5. The monoisotopic (exact) mass is 514 g/mol. The Bertz CT molecular complexity index is 2290. The van der Waals surface area contributed by atoms with Crippen LogP contribution in [0.4, 0.5) is 0 Å². The van der Waals surface area contributed by atoms with Gasteiger partial charge in [-0.05, 0) is 36.4 Å². The minimum absolute atomic E-state index is 0.752. The number of hydrogen-bond donors (Lipinski definition) is 0. The quantitative estimate of drug-likeness (QED) is 0.219. The van der Waals surface area contributed by atoms with Gasteiger partial charge in [-0.25, -0.2) is 0 Å². The molecule has 0 aliphatic heterocycles. The highest BCUT2D eigenvalue weighted by molar-refractivity contribution is 6.29. The summed E-state index contributed by atoms with van der Waals surface area (Å²) in [6.07, 6.45) is 0. The van der Waals surface area contributed by atoms with Crippen molar-refractivity contribution in [3.05, 3.63) is 109 Å². The van der Waals surface area contributed by atoms with Crippen molar-refractivity contribution in [3.63, 3.8) is 0 Å². The first-order valence-electron chi connectivity index (χ1n) is 13.3. The zero-order valence-corrected chi connectivity index (χ0v) is 21.0. The molecule has 0 spiro atoms.